The van der Waals surface area contributed by atoms with E-state index in [4.69, 9.17) is 15.9 Å². The summed E-state index contributed by atoms with van der Waals surface area (Å²) in [5.74, 6) is -1.18. The van der Waals surface area contributed by atoms with Crippen molar-refractivity contribution in [2.24, 2.45) is 5.73 Å². The number of carboxylic acids is 1. The molecule has 0 spiro atoms. The summed E-state index contributed by atoms with van der Waals surface area (Å²) >= 11 is 0. The van der Waals surface area contributed by atoms with E-state index in [-0.39, 0.29) is 31.0 Å². The van der Waals surface area contributed by atoms with Crippen molar-refractivity contribution in [3.63, 3.8) is 0 Å². The zero-order valence-corrected chi connectivity index (χ0v) is 6.66. The van der Waals surface area contributed by atoms with Crippen LogP contribution in [-0.2, 0) is 4.79 Å². The molecule has 0 aromatic carbocycles. The maximum Gasteiger partial charge on any atom is 1.00 e. The molecule has 4 N–H and O–H groups in total. The average molecular weight is 129 g/mol. The summed E-state index contributed by atoms with van der Waals surface area (Å²) in [5, 5.41) is 15.9. The molecule has 1 atom stereocenters. The van der Waals surface area contributed by atoms with Gasteiger partial charge in [0.1, 0.15) is 6.04 Å². The molecule has 0 aromatic heterocycles. The van der Waals surface area contributed by atoms with E-state index in [0.717, 1.165) is 0 Å². The minimum Gasteiger partial charge on any atom is -1.00 e. The van der Waals surface area contributed by atoms with Crippen LogP contribution in [0.2, 0.25) is 0 Å². The van der Waals surface area contributed by atoms with Gasteiger partial charge in [0.05, 0.1) is 6.61 Å². The van der Waals surface area contributed by atoms with Gasteiger partial charge in [-0.25, -0.2) is 0 Å². The van der Waals surface area contributed by atoms with Crippen molar-refractivity contribution in [2.75, 3.05) is 6.61 Å². The molecule has 0 rings (SSSR count). The Hall–Kier alpha value is 0.390. The third-order valence-corrected chi connectivity index (χ3v) is 0.514. The number of hydrogen-bond acceptors (Lipinski definition) is 3. The summed E-state index contributed by atoms with van der Waals surface area (Å²) in [7, 11) is 0. The first-order valence-electron chi connectivity index (χ1n) is 1.77. The number of hydrogen-bond donors (Lipinski definition) is 3. The van der Waals surface area contributed by atoms with Gasteiger partial charge in [0.15, 0.2) is 0 Å². The second kappa shape index (κ2) is 5.53. The van der Waals surface area contributed by atoms with Crippen LogP contribution in [-0.4, -0.2) is 28.8 Å². The first-order chi connectivity index (χ1) is 3.18. The first-order valence-corrected chi connectivity index (χ1v) is 1.77. The van der Waals surface area contributed by atoms with E-state index in [1.165, 1.54) is 0 Å². The van der Waals surface area contributed by atoms with Crippen molar-refractivity contribution in [2.45, 2.75) is 6.04 Å². The minimum absolute atomic E-state index is 0. The van der Waals surface area contributed by atoms with Gasteiger partial charge in [-0.3, -0.25) is 4.79 Å². The standard InChI is InChI=1S/C3H7NO3.Na.H/c4-2(1-5)3(6)7;;/h2,5H,1,4H2,(H,6,7);;/q;+1;-1. The smallest absolute Gasteiger partial charge is 1.00 e. The summed E-state index contributed by atoms with van der Waals surface area (Å²) in [6.45, 7) is -0.505. The molecular formula is C3H8NNaO3. The first kappa shape index (κ1) is 11.2. The Labute approximate surface area is 70.5 Å². The van der Waals surface area contributed by atoms with Crippen molar-refractivity contribution in [1.29, 1.82) is 0 Å². The fraction of sp³-hybridized carbons (Fsp3) is 0.667. The van der Waals surface area contributed by atoms with Gasteiger partial charge in [-0.1, -0.05) is 0 Å². The average Bonchev–Trinajstić information content (AvgIpc) is 1.65. The molecule has 0 aliphatic heterocycles. The molecule has 4 nitrogen and oxygen atoms in total. The second-order valence-corrected chi connectivity index (χ2v) is 1.13. The molecule has 5 heteroatoms. The van der Waals surface area contributed by atoms with Crippen molar-refractivity contribution < 1.29 is 46.0 Å². The Kier molecular flexibility index (Phi) is 7.75. The van der Waals surface area contributed by atoms with Crippen LogP contribution < -0.4 is 35.3 Å². The topological polar surface area (TPSA) is 83.5 Å². The van der Waals surface area contributed by atoms with E-state index in [1.54, 1.807) is 0 Å². The maximum atomic E-state index is 9.65. The summed E-state index contributed by atoms with van der Waals surface area (Å²) in [6, 6.07) is -1.13. The van der Waals surface area contributed by atoms with Crippen LogP contribution in [0.1, 0.15) is 1.43 Å². The van der Waals surface area contributed by atoms with Gasteiger partial charge in [0.25, 0.3) is 0 Å². The van der Waals surface area contributed by atoms with E-state index >= 15 is 0 Å². The molecule has 8 heavy (non-hydrogen) atoms. The molecule has 0 bridgehead atoms. The predicted molar refractivity (Wildman–Crippen MR) is 23.8 cm³/mol. The van der Waals surface area contributed by atoms with Crippen molar-refractivity contribution in [3.05, 3.63) is 0 Å². The van der Waals surface area contributed by atoms with Gasteiger partial charge in [-0.05, 0) is 0 Å². The summed E-state index contributed by atoms with van der Waals surface area (Å²) in [5.41, 5.74) is 4.77. The van der Waals surface area contributed by atoms with Crippen molar-refractivity contribution in [3.8, 4) is 0 Å². The fourth-order valence-electron chi connectivity index (χ4n) is 0.0781. The van der Waals surface area contributed by atoms with Gasteiger partial charge in [0, 0.05) is 0 Å². The molecule has 44 valence electrons. The van der Waals surface area contributed by atoms with Crippen LogP contribution >= 0.6 is 0 Å². The number of aliphatic hydroxyl groups is 1. The molecule has 0 aliphatic rings. The molecule has 0 aromatic rings. The van der Waals surface area contributed by atoms with E-state index in [0.29, 0.717) is 0 Å². The van der Waals surface area contributed by atoms with Crippen LogP contribution in [0.15, 0.2) is 0 Å². The fourth-order valence-corrected chi connectivity index (χ4v) is 0.0781. The van der Waals surface area contributed by atoms with Crippen molar-refractivity contribution in [1.82, 2.24) is 0 Å². The monoisotopic (exact) mass is 129 g/mol. The number of aliphatic hydroxyl groups excluding tert-OH is 1. The zero-order valence-electron chi connectivity index (χ0n) is 5.66. The molecule has 0 amide bonds. The summed E-state index contributed by atoms with van der Waals surface area (Å²) < 4.78 is 0. The number of rotatable bonds is 2. The number of nitrogens with two attached hydrogens (primary N) is 1. The molecule has 0 heterocycles. The van der Waals surface area contributed by atoms with Crippen LogP contribution in [0.3, 0.4) is 0 Å². The molecule has 1 unspecified atom stereocenters. The Morgan fingerprint density at radius 1 is 1.88 bits per heavy atom. The Bertz CT molecular complexity index is 81.5. The third kappa shape index (κ3) is 4.55. The van der Waals surface area contributed by atoms with Gasteiger partial charge in [-0.2, -0.15) is 0 Å². The van der Waals surface area contributed by atoms with E-state index in [1.807, 2.05) is 0 Å². The van der Waals surface area contributed by atoms with Crippen molar-refractivity contribution >= 4 is 5.97 Å². The normalized spacial score (nSPS) is 11.8. The van der Waals surface area contributed by atoms with Crippen LogP contribution in [0, 0.1) is 0 Å². The predicted octanol–water partition coefficient (Wildman–Crippen LogP) is -4.49. The third-order valence-electron chi connectivity index (χ3n) is 0.514. The molecule has 0 saturated carbocycles. The van der Waals surface area contributed by atoms with Crippen LogP contribution in [0.25, 0.3) is 0 Å². The van der Waals surface area contributed by atoms with Gasteiger partial charge in [-0.15, -0.1) is 0 Å². The van der Waals surface area contributed by atoms with Crippen LogP contribution in [0.4, 0.5) is 0 Å². The van der Waals surface area contributed by atoms with E-state index in [9.17, 15) is 4.79 Å². The van der Waals surface area contributed by atoms with Crippen LogP contribution in [0.5, 0.6) is 0 Å². The minimum atomic E-state index is -1.18. The van der Waals surface area contributed by atoms with Gasteiger partial charge >= 0.3 is 35.5 Å². The molecular weight excluding hydrogens is 121 g/mol. The summed E-state index contributed by atoms with van der Waals surface area (Å²) in [6.07, 6.45) is 0. The molecule has 0 fully saturated rings. The molecule has 0 saturated heterocycles. The van der Waals surface area contributed by atoms with E-state index in [2.05, 4.69) is 0 Å². The molecule has 0 aliphatic carbocycles. The molecule has 0 radical (unpaired) electrons. The van der Waals surface area contributed by atoms with Gasteiger partial charge in [0.2, 0.25) is 0 Å². The largest absolute Gasteiger partial charge is 1.00 e. The Morgan fingerprint density at radius 2 is 2.25 bits per heavy atom. The second-order valence-electron chi connectivity index (χ2n) is 1.13. The SMILES string of the molecule is NC(CO)C(=O)O.[H-].[Na+]. The number of aliphatic carboxylic acids is 1. The zero-order chi connectivity index (χ0) is 5.86. The Morgan fingerprint density at radius 3 is 2.25 bits per heavy atom. The van der Waals surface area contributed by atoms with Gasteiger partial charge < -0.3 is 17.4 Å². The number of carbonyl (C=O) groups is 1. The summed E-state index contributed by atoms with van der Waals surface area (Å²) in [4.78, 5) is 9.65. The maximum absolute atomic E-state index is 9.65. The Balaban J connectivity index is -0.000000180. The van der Waals surface area contributed by atoms with E-state index < -0.39 is 18.6 Å². The quantitative estimate of drug-likeness (QED) is 0.328. The number of carboxylic acid groups (broad SMARTS) is 1.